The van der Waals surface area contributed by atoms with Crippen molar-refractivity contribution in [2.24, 2.45) is 10.8 Å². The normalized spacial score (nSPS) is 13.0. The van der Waals surface area contributed by atoms with E-state index < -0.39 is 105 Å². The molecule has 0 heterocycles. The fourth-order valence-electron chi connectivity index (χ4n) is 6.11. The summed E-state index contributed by atoms with van der Waals surface area (Å²) in [6.45, 7) is 6.17. The Morgan fingerprint density at radius 3 is 1.15 bits per heavy atom. The lowest BCUT2D eigenvalue weighted by atomic mass is 9.77. The number of aliphatic hydroxyl groups excluding tert-OH is 1. The van der Waals surface area contributed by atoms with E-state index in [-0.39, 0.29) is 51.5 Å². The highest BCUT2D eigenvalue weighted by Gasteiger charge is 2.58. The third kappa shape index (κ3) is 22.6. The molecule has 0 fully saturated rings. The number of halogens is 10. The highest BCUT2D eigenvalue weighted by atomic mass is 32.2. The maximum Gasteiger partial charge on any atom is 0.453 e. The third-order valence-corrected chi connectivity index (χ3v) is 9.90. The van der Waals surface area contributed by atoms with Gasteiger partial charge in [0.25, 0.3) is 0 Å². The van der Waals surface area contributed by atoms with Crippen molar-refractivity contribution >= 4 is 43.7 Å². The van der Waals surface area contributed by atoms with Gasteiger partial charge in [-0.15, -0.1) is 0 Å². The number of alkyl halides is 10. The first-order valence-corrected chi connectivity index (χ1v) is 21.5. The van der Waals surface area contributed by atoms with Gasteiger partial charge in [0.2, 0.25) is 0 Å². The van der Waals surface area contributed by atoms with E-state index >= 15 is 0 Å². The topological polar surface area (TPSA) is 135 Å². The average Bonchev–Trinajstić information content (AvgIpc) is 3.18. The molecular weight excluding hydrogens is 861 g/mol. The Labute approximate surface area is 360 Å². The van der Waals surface area contributed by atoms with Crippen molar-refractivity contribution in [3.8, 4) is 0 Å². The number of carbonyl (C=O) groups is 4. The maximum absolute atomic E-state index is 13.4. The van der Waals surface area contributed by atoms with Crippen molar-refractivity contribution in [3.63, 3.8) is 0 Å². The van der Waals surface area contributed by atoms with Crippen LogP contribution in [0.4, 0.5) is 43.9 Å². The average molecular weight is 930 g/mol. The number of carbonyl (C=O) groups excluding carboxylic acids is 4. The summed E-state index contributed by atoms with van der Waals surface area (Å²) >= 11 is 1.06. The largest absolute Gasteiger partial charge is 0.465 e. The molecule has 0 aliphatic heterocycles. The van der Waals surface area contributed by atoms with Crippen molar-refractivity contribution in [2.75, 3.05) is 45.3 Å². The van der Waals surface area contributed by atoms with Crippen LogP contribution in [0.15, 0.2) is 0 Å². The van der Waals surface area contributed by atoms with Crippen molar-refractivity contribution in [2.45, 2.75) is 167 Å². The number of aliphatic hydroxyl groups is 1. The summed E-state index contributed by atoms with van der Waals surface area (Å²) in [5, 5.41) is 8.77. The van der Waals surface area contributed by atoms with Crippen LogP contribution >= 0.6 is 12.0 Å². The number of rotatable bonds is 34. The second-order valence-electron chi connectivity index (χ2n) is 14.0. The quantitative estimate of drug-likeness (QED) is 0.0126. The van der Waals surface area contributed by atoms with Crippen molar-refractivity contribution in [1.29, 1.82) is 2.67 Å². The van der Waals surface area contributed by atoms with Crippen LogP contribution in [0, 0.1) is 10.8 Å². The number of unbranched alkanes of at least 4 members (excludes halogenated alkanes) is 8. The fraction of sp³-hybridized carbons (Fsp3) is 0.897. The van der Waals surface area contributed by atoms with E-state index in [0.717, 1.165) is 37.7 Å². The molecule has 0 spiro atoms. The highest BCUT2D eigenvalue weighted by Crippen LogP contribution is 2.43. The zero-order chi connectivity index (χ0) is 48.8. The molecule has 0 rings (SSSR count). The third-order valence-electron chi connectivity index (χ3n) is 9.43. The standard InChI is InChI=1S/C20H34BF5O5S.C19H31F5O5/c1-3-29-16(27)18(17(28)30-4-2,12-10-13-19(22,23)20(24,25)26)11-8-6-5-7-9-14-31-32-15-21;1-3-28-15(26)17(16(27)29-4-2,11-8-6-5-7-9-14-25)12-10-13-18(20,21)19(22,23)24/h3-15,21H2,1-2H3;25H,3-14H2,1-2H3/i21TD;. The molecule has 61 heavy (non-hydrogen) atoms. The summed E-state index contributed by atoms with van der Waals surface area (Å²) in [7, 11) is -0.955. The molecule has 0 unspecified atom stereocenters. The Morgan fingerprint density at radius 2 is 0.836 bits per heavy atom. The van der Waals surface area contributed by atoms with Gasteiger partial charge in [0.05, 0.1) is 33.0 Å². The minimum Gasteiger partial charge on any atom is -0.465 e. The number of hydrogen-bond donors (Lipinski definition) is 1. The first-order chi connectivity index (χ1) is 29.3. The minimum atomic E-state index is -5.71. The highest BCUT2D eigenvalue weighted by molar-refractivity contribution is 7.95. The number of esters is 4. The molecule has 0 saturated carbocycles. The molecule has 0 aromatic heterocycles. The van der Waals surface area contributed by atoms with Crippen LogP contribution in [0.25, 0.3) is 0 Å². The van der Waals surface area contributed by atoms with Crippen LogP contribution in [-0.2, 0) is 42.3 Å². The van der Waals surface area contributed by atoms with Gasteiger partial charge >= 0.3 is 48.1 Å². The second kappa shape index (κ2) is 31.4. The van der Waals surface area contributed by atoms with Crippen LogP contribution in [0.2, 0.25) is 0 Å². The van der Waals surface area contributed by atoms with Gasteiger partial charge in [-0.2, -0.15) is 43.9 Å². The van der Waals surface area contributed by atoms with Crippen LogP contribution in [0.3, 0.4) is 0 Å². The molecule has 0 aromatic carbocycles. The summed E-state index contributed by atoms with van der Waals surface area (Å²) in [6.07, 6.45) is -10.9. The smallest absolute Gasteiger partial charge is 0.453 e. The van der Waals surface area contributed by atoms with Gasteiger partial charge in [0.1, 0.15) is 7.77 Å². The molecule has 10 nitrogen and oxygen atoms in total. The minimum absolute atomic E-state index is 0.0446. The van der Waals surface area contributed by atoms with E-state index in [1.807, 2.05) is 0 Å². The Balaban J connectivity index is 0. The molecule has 1 N–H and O–H groups in total. The summed E-state index contributed by atoms with van der Waals surface area (Å²) in [5.74, 6) is -13.7. The Bertz CT molecular complexity index is 1250. The molecule has 0 amide bonds. The first kappa shape index (κ1) is 56.5. The van der Waals surface area contributed by atoms with E-state index in [1.54, 1.807) is 0 Å². The Hall–Kier alpha value is -2.49. The lowest BCUT2D eigenvalue weighted by molar-refractivity contribution is -0.285. The molecule has 0 aromatic rings. The van der Waals surface area contributed by atoms with Gasteiger partial charge in [-0.3, -0.25) is 19.2 Å². The summed E-state index contributed by atoms with van der Waals surface area (Å²) in [4.78, 5) is 50.4. The van der Waals surface area contributed by atoms with Crippen molar-refractivity contribution in [3.05, 3.63) is 0 Å². The van der Waals surface area contributed by atoms with Crippen LogP contribution in [0.5, 0.6) is 0 Å². The lowest BCUT2D eigenvalue weighted by Gasteiger charge is -2.30. The monoisotopic (exact) mass is 929 g/mol. The van der Waals surface area contributed by atoms with Crippen molar-refractivity contribution < 1.29 is 91.3 Å². The molecule has 0 bridgehead atoms. The van der Waals surface area contributed by atoms with Gasteiger partial charge in [-0.25, -0.2) is 0 Å². The van der Waals surface area contributed by atoms with Crippen LogP contribution in [-0.4, -0.2) is 109 Å². The molecule has 0 atom stereocenters. The van der Waals surface area contributed by atoms with Crippen molar-refractivity contribution in [1.82, 2.24) is 0 Å². The lowest BCUT2D eigenvalue weighted by Crippen LogP contribution is -2.43. The van der Waals surface area contributed by atoms with E-state index in [9.17, 15) is 63.1 Å². The number of hydrogen-bond acceptors (Lipinski definition) is 11. The Morgan fingerprint density at radius 1 is 0.525 bits per heavy atom. The zero-order valence-electron chi connectivity index (χ0n) is 37.6. The SMILES string of the molecule is CCOC(=O)C(CCCCCCCO)(CCCC(F)(F)C(F)(F)F)C(=O)OCC.[2H]B([3H])CSOCCCCCCCC(CCCC(F)(F)C(F)(F)F)(C(=O)OCC)C(=O)OCC. The van der Waals surface area contributed by atoms with Gasteiger partial charge < -0.3 is 28.2 Å². The molecule has 0 aliphatic rings. The van der Waals surface area contributed by atoms with Gasteiger partial charge in [0.15, 0.2) is 10.8 Å². The van der Waals surface area contributed by atoms with Gasteiger partial charge in [0, 0.05) is 19.4 Å². The number of ether oxygens (including phenoxy) is 4. The molecule has 0 saturated heterocycles. The summed E-state index contributed by atoms with van der Waals surface area (Å²) in [6, 6.07) is 0. The van der Waals surface area contributed by atoms with Crippen LogP contribution < -0.4 is 0 Å². The van der Waals surface area contributed by atoms with E-state index in [0.29, 0.717) is 45.1 Å². The second-order valence-corrected chi connectivity index (χ2v) is 14.8. The van der Waals surface area contributed by atoms with Gasteiger partial charge in [-0.05, 0) is 99.4 Å². The van der Waals surface area contributed by atoms with Crippen LogP contribution in [0.1, 0.15) is 143 Å². The van der Waals surface area contributed by atoms with E-state index in [1.165, 1.54) is 27.7 Å². The predicted octanol–water partition coefficient (Wildman–Crippen LogP) is 9.86. The first-order valence-electron chi connectivity index (χ1n) is 21.8. The molecule has 0 radical (unpaired) electrons. The maximum atomic E-state index is 13.4. The van der Waals surface area contributed by atoms with E-state index in [2.05, 4.69) is 0 Å². The molecule has 360 valence electrons. The van der Waals surface area contributed by atoms with Gasteiger partial charge in [-0.1, -0.05) is 51.4 Å². The fourth-order valence-corrected chi connectivity index (χ4v) is 6.44. The van der Waals surface area contributed by atoms with E-state index in [4.69, 9.17) is 30.9 Å². The molecule has 22 heteroatoms. The predicted molar refractivity (Wildman–Crippen MR) is 211 cm³/mol. The summed E-state index contributed by atoms with van der Waals surface area (Å²) in [5.41, 5.74) is -3.60. The molecule has 0 aliphatic carbocycles. The zero-order valence-corrected chi connectivity index (χ0v) is 36.4. The summed E-state index contributed by atoms with van der Waals surface area (Å²) < 4.78 is 167. The molecular formula is C39H65BF10O10S. The Kier molecular flexibility index (Phi) is 29.1.